The Kier molecular flexibility index (Phi) is 4.43. The lowest BCUT2D eigenvalue weighted by molar-refractivity contribution is 0.0519. The van der Waals surface area contributed by atoms with E-state index in [2.05, 4.69) is 27.3 Å². The highest BCUT2D eigenvalue weighted by Crippen LogP contribution is 2.27. The van der Waals surface area contributed by atoms with Crippen LogP contribution in [0, 0.1) is 0 Å². The summed E-state index contributed by atoms with van der Waals surface area (Å²) in [5.74, 6) is -0.460. The van der Waals surface area contributed by atoms with Gasteiger partial charge in [-0.15, -0.1) is 0 Å². The first-order valence-electron chi connectivity index (χ1n) is 8.75. The minimum absolute atomic E-state index is 0.205. The van der Waals surface area contributed by atoms with E-state index in [0.29, 0.717) is 12.6 Å². The first-order chi connectivity index (χ1) is 12.8. The number of carbonyl (C=O) groups is 1. The van der Waals surface area contributed by atoms with Crippen LogP contribution in [0.5, 0.6) is 0 Å². The van der Waals surface area contributed by atoms with Gasteiger partial charge in [0.2, 0.25) is 0 Å². The van der Waals surface area contributed by atoms with Gasteiger partial charge in [-0.3, -0.25) is 5.10 Å². The summed E-state index contributed by atoms with van der Waals surface area (Å²) in [5.41, 5.74) is 4.69. The van der Waals surface area contributed by atoms with Gasteiger partial charge in [-0.05, 0) is 13.3 Å². The average Bonchev–Trinajstić information content (AvgIpc) is 3.26. The summed E-state index contributed by atoms with van der Waals surface area (Å²) in [4.78, 5) is 18.1. The third-order valence-corrected chi connectivity index (χ3v) is 4.51. The van der Waals surface area contributed by atoms with Crippen molar-refractivity contribution in [2.45, 2.75) is 19.8 Å². The summed E-state index contributed by atoms with van der Waals surface area (Å²) in [5, 5.41) is 7.69. The van der Waals surface area contributed by atoms with Gasteiger partial charge in [0.15, 0.2) is 5.69 Å². The Hall–Kier alpha value is -3.09. The molecule has 0 saturated heterocycles. The number of rotatable bonds is 4. The number of fused-ring (bicyclic) bond motifs is 1. The molecule has 2 aromatic heterocycles. The van der Waals surface area contributed by atoms with E-state index in [4.69, 9.17) is 9.15 Å². The molecule has 0 aliphatic carbocycles. The fourth-order valence-corrected chi connectivity index (χ4v) is 3.22. The second-order valence-electron chi connectivity index (χ2n) is 6.12. The molecule has 7 nitrogen and oxygen atoms in total. The molecule has 0 atom stereocenters. The van der Waals surface area contributed by atoms with Gasteiger partial charge in [0, 0.05) is 36.3 Å². The van der Waals surface area contributed by atoms with Gasteiger partial charge < -0.3 is 14.1 Å². The molecule has 26 heavy (non-hydrogen) atoms. The molecule has 1 N–H and O–H groups in total. The van der Waals surface area contributed by atoms with E-state index in [-0.39, 0.29) is 5.69 Å². The second-order valence-corrected chi connectivity index (χ2v) is 6.12. The molecule has 134 valence electrons. The fraction of sp³-hybridized carbons (Fsp3) is 0.316. The fourth-order valence-electron chi connectivity index (χ4n) is 3.22. The van der Waals surface area contributed by atoms with Crippen LogP contribution >= 0.6 is 0 Å². The highest BCUT2D eigenvalue weighted by molar-refractivity contribution is 5.87. The minimum Gasteiger partial charge on any atom is -0.461 e. The first-order valence-corrected chi connectivity index (χ1v) is 8.75. The number of hydrogen-bond donors (Lipinski definition) is 1. The smallest absolute Gasteiger partial charge is 0.360 e. The zero-order chi connectivity index (χ0) is 17.9. The summed E-state index contributed by atoms with van der Waals surface area (Å²) in [7, 11) is 0. The van der Waals surface area contributed by atoms with Crippen LogP contribution in [0.3, 0.4) is 0 Å². The molecule has 4 rings (SSSR count). The number of nitrogens with zero attached hydrogens (tertiary/aromatic N) is 3. The van der Waals surface area contributed by atoms with Crippen molar-refractivity contribution in [3.05, 3.63) is 53.5 Å². The van der Waals surface area contributed by atoms with Crippen LogP contribution in [-0.4, -0.2) is 40.8 Å². The third-order valence-electron chi connectivity index (χ3n) is 4.51. The van der Waals surface area contributed by atoms with Gasteiger partial charge in [0.1, 0.15) is 6.26 Å². The lowest BCUT2D eigenvalue weighted by atomic mass is 10.0. The van der Waals surface area contributed by atoms with E-state index in [1.54, 1.807) is 6.92 Å². The molecule has 0 saturated carbocycles. The molecule has 0 unspecified atom stereocenters. The van der Waals surface area contributed by atoms with E-state index in [0.717, 1.165) is 42.9 Å². The number of benzene rings is 1. The lowest BCUT2D eigenvalue weighted by Crippen LogP contribution is -2.26. The molecule has 0 amide bonds. The Labute approximate surface area is 151 Å². The van der Waals surface area contributed by atoms with Crippen LogP contribution in [-0.2, 0) is 17.6 Å². The number of hydrogen-bond acceptors (Lipinski definition) is 6. The van der Waals surface area contributed by atoms with Gasteiger partial charge in [-0.2, -0.15) is 10.1 Å². The van der Waals surface area contributed by atoms with Crippen molar-refractivity contribution in [1.82, 2.24) is 15.2 Å². The van der Waals surface area contributed by atoms with Crippen molar-refractivity contribution < 1.29 is 13.9 Å². The predicted molar refractivity (Wildman–Crippen MR) is 96.1 cm³/mol. The average molecular weight is 352 g/mol. The zero-order valence-corrected chi connectivity index (χ0v) is 14.6. The molecule has 0 bridgehead atoms. The minimum atomic E-state index is -0.460. The van der Waals surface area contributed by atoms with Crippen LogP contribution in [0.4, 0.5) is 6.01 Å². The molecule has 1 aromatic carbocycles. The van der Waals surface area contributed by atoms with E-state index >= 15 is 0 Å². The Balaban J connectivity index is 1.52. The summed E-state index contributed by atoms with van der Waals surface area (Å²) >= 11 is 0. The summed E-state index contributed by atoms with van der Waals surface area (Å²) < 4.78 is 10.5. The van der Waals surface area contributed by atoms with Crippen molar-refractivity contribution in [3.63, 3.8) is 0 Å². The quantitative estimate of drug-likeness (QED) is 0.727. The second kappa shape index (κ2) is 7.03. The van der Waals surface area contributed by atoms with Crippen LogP contribution in [0.2, 0.25) is 0 Å². The highest BCUT2D eigenvalue weighted by Gasteiger charge is 2.23. The summed E-state index contributed by atoms with van der Waals surface area (Å²) in [6, 6.07) is 10.6. The Morgan fingerprint density at radius 3 is 2.88 bits per heavy atom. The number of aromatic amines is 1. The van der Waals surface area contributed by atoms with Crippen molar-refractivity contribution in [1.29, 1.82) is 0 Å². The summed E-state index contributed by atoms with van der Waals surface area (Å²) in [6.07, 6.45) is 2.99. The van der Waals surface area contributed by atoms with E-state index < -0.39 is 5.97 Å². The van der Waals surface area contributed by atoms with Crippen molar-refractivity contribution in [2.24, 2.45) is 0 Å². The standard InChI is InChI=1S/C19H20N4O3/c1-2-25-18(24)16-12-26-19(20-16)23-10-8-14-15(9-11-23)21-22-17(14)13-6-4-3-5-7-13/h3-7,12H,2,8-11H2,1H3,(H,21,22). The maximum absolute atomic E-state index is 11.8. The normalized spacial score (nSPS) is 14.0. The van der Waals surface area contributed by atoms with Gasteiger partial charge in [0.05, 0.1) is 12.3 Å². The molecule has 3 heterocycles. The number of ether oxygens (including phenoxy) is 1. The van der Waals surface area contributed by atoms with Crippen LogP contribution in [0.1, 0.15) is 28.7 Å². The highest BCUT2D eigenvalue weighted by atomic mass is 16.5. The molecular formula is C19H20N4O3. The number of oxazole rings is 1. The molecule has 7 heteroatoms. The monoisotopic (exact) mass is 352 g/mol. The lowest BCUT2D eigenvalue weighted by Gasteiger charge is -2.17. The van der Waals surface area contributed by atoms with Gasteiger partial charge in [-0.25, -0.2) is 4.79 Å². The van der Waals surface area contributed by atoms with Crippen molar-refractivity contribution in [3.8, 4) is 11.3 Å². The van der Waals surface area contributed by atoms with Crippen molar-refractivity contribution >= 4 is 12.0 Å². The Morgan fingerprint density at radius 2 is 2.08 bits per heavy atom. The van der Waals surface area contributed by atoms with Crippen LogP contribution in [0.25, 0.3) is 11.3 Å². The zero-order valence-electron chi connectivity index (χ0n) is 14.6. The van der Waals surface area contributed by atoms with E-state index in [9.17, 15) is 4.79 Å². The number of aromatic nitrogens is 3. The molecule has 3 aromatic rings. The maximum Gasteiger partial charge on any atom is 0.360 e. The van der Waals surface area contributed by atoms with Gasteiger partial charge in [-0.1, -0.05) is 30.3 Å². The molecule has 0 spiro atoms. The number of nitrogens with one attached hydrogen (secondary N) is 1. The molecule has 1 aliphatic rings. The molecular weight excluding hydrogens is 332 g/mol. The SMILES string of the molecule is CCOC(=O)c1coc(N2CCc3[nH]nc(-c4ccccc4)c3CC2)n1. The first kappa shape index (κ1) is 16.4. The third kappa shape index (κ3) is 3.08. The number of esters is 1. The summed E-state index contributed by atoms with van der Waals surface area (Å²) in [6.45, 7) is 3.57. The number of anilines is 1. The molecule has 0 fully saturated rings. The molecule has 1 aliphatic heterocycles. The van der Waals surface area contributed by atoms with Gasteiger partial charge >= 0.3 is 5.97 Å². The van der Waals surface area contributed by atoms with E-state index in [1.165, 1.54) is 11.8 Å². The number of H-pyrrole nitrogens is 1. The topological polar surface area (TPSA) is 84.2 Å². The Morgan fingerprint density at radius 1 is 1.27 bits per heavy atom. The number of carbonyl (C=O) groups excluding carboxylic acids is 1. The van der Waals surface area contributed by atoms with Gasteiger partial charge in [0.25, 0.3) is 6.01 Å². The maximum atomic E-state index is 11.8. The van der Waals surface area contributed by atoms with Crippen molar-refractivity contribution in [2.75, 3.05) is 24.6 Å². The predicted octanol–water partition coefficient (Wildman–Crippen LogP) is 2.85. The van der Waals surface area contributed by atoms with Crippen LogP contribution < -0.4 is 4.90 Å². The van der Waals surface area contributed by atoms with Crippen LogP contribution in [0.15, 0.2) is 41.0 Å². The molecule has 0 radical (unpaired) electrons. The Bertz CT molecular complexity index is 901. The van der Waals surface area contributed by atoms with E-state index in [1.807, 2.05) is 23.1 Å². The largest absolute Gasteiger partial charge is 0.461 e.